The lowest BCUT2D eigenvalue weighted by Crippen LogP contribution is -2.27. The van der Waals surface area contributed by atoms with Crippen LogP contribution in [0.3, 0.4) is 0 Å². The molecule has 29 heavy (non-hydrogen) atoms. The molecule has 0 aliphatic carbocycles. The maximum absolute atomic E-state index is 12.8. The Labute approximate surface area is 167 Å². The topological polar surface area (TPSA) is 107 Å². The van der Waals surface area contributed by atoms with Crippen molar-refractivity contribution in [2.75, 3.05) is 5.73 Å². The van der Waals surface area contributed by atoms with Crippen molar-refractivity contribution < 1.29 is 23.1 Å². The number of amides is 1. The molecule has 0 aliphatic heterocycles. The Morgan fingerprint density at radius 2 is 1.79 bits per heavy atom. The van der Waals surface area contributed by atoms with Crippen LogP contribution in [0, 0.1) is 0 Å². The maximum Gasteiger partial charge on any atom is 0.416 e. The van der Waals surface area contributed by atoms with Crippen LogP contribution in [0.2, 0.25) is 0 Å². The fourth-order valence-corrected chi connectivity index (χ4v) is 2.80. The first-order valence-corrected chi connectivity index (χ1v) is 9.07. The molecule has 0 fully saturated rings. The van der Waals surface area contributed by atoms with Crippen LogP contribution in [-0.4, -0.2) is 26.2 Å². The average Bonchev–Trinajstić information content (AvgIpc) is 2.88. The van der Waals surface area contributed by atoms with E-state index in [9.17, 15) is 18.0 Å². The fraction of sp³-hybridized carbons (Fsp3) is 0.263. The number of hydrogen-bond donors (Lipinski definition) is 3. The van der Waals surface area contributed by atoms with E-state index in [1.54, 1.807) is 12.1 Å². The van der Waals surface area contributed by atoms with Gasteiger partial charge in [0, 0.05) is 6.20 Å². The van der Waals surface area contributed by atoms with Gasteiger partial charge in [-0.05, 0) is 36.8 Å². The van der Waals surface area contributed by atoms with E-state index in [2.05, 4.69) is 14.3 Å². The molecule has 3 rings (SSSR count). The molecular formula is C19H22F3N4O2P. The highest BCUT2D eigenvalue weighted by Crippen LogP contribution is 2.34. The van der Waals surface area contributed by atoms with E-state index >= 15 is 0 Å². The highest BCUT2D eigenvalue weighted by molar-refractivity contribution is 7.27. The third-order valence-electron chi connectivity index (χ3n) is 3.80. The van der Waals surface area contributed by atoms with Crippen molar-refractivity contribution in [3.8, 4) is 11.1 Å². The van der Waals surface area contributed by atoms with Crippen LogP contribution in [-0.2, 0) is 11.0 Å². The van der Waals surface area contributed by atoms with Gasteiger partial charge in [-0.15, -0.1) is 9.24 Å². The number of rotatable bonds is 3. The number of aliphatic hydroxyl groups is 1. The van der Waals surface area contributed by atoms with Gasteiger partial charge in [0.15, 0.2) is 5.82 Å². The van der Waals surface area contributed by atoms with Gasteiger partial charge in [0.05, 0.1) is 28.7 Å². The SMILES string of the molecule is CC(C)(O)CC(N)=O.Nc1nn2ccc(C(F)(F)F)cc2c1-c1ccc(P)cc1. The molecule has 0 saturated carbocycles. The number of anilines is 1. The van der Waals surface area contributed by atoms with E-state index in [0.29, 0.717) is 11.1 Å². The van der Waals surface area contributed by atoms with Gasteiger partial charge < -0.3 is 16.6 Å². The number of halogens is 3. The van der Waals surface area contributed by atoms with Crippen LogP contribution >= 0.6 is 9.24 Å². The normalized spacial score (nSPS) is 11.8. The summed E-state index contributed by atoms with van der Waals surface area (Å²) in [5.41, 5.74) is 10.5. The fourth-order valence-electron chi connectivity index (χ4n) is 2.61. The van der Waals surface area contributed by atoms with Crippen molar-refractivity contribution in [1.82, 2.24) is 9.61 Å². The van der Waals surface area contributed by atoms with E-state index in [0.717, 1.165) is 23.0 Å². The third kappa shape index (κ3) is 6.17. The number of carbonyl (C=O) groups is 1. The van der Waals surface area contributed by atoms with Gasteiger partial charge in [0.1, 0.15) is 0 Å². The van der Waals surface area contributed by atoms with Crippen molar-refractivity contribution in [2.24, 2.45) is 5.73 Å². The molecule has 6 nitrogen and oxygen atoms in total. The van der Waals surface area contributed by atoms with Gasteiger partial charge in [-0.2, -0.15) is 18.3 Å². The van der Waals surface area contributed by atoms with Crippen molar-refractivity contribution in [2.45, 2.75) is 32.0 Å². The lowest BCUT2D eigenvalue weighted by Gasteiger charge is -2.12. The monoisotopic (exact) mass is 426 g/mol. The molecule has 1 aromatic carbocycles. The number of pyridine rings is 1. The minimum absolute atomic E-state index is 0.0208. The van der Waals surface area contributed by atoms with Crippen molar-refractivity contribution in [3.05, 3.63) is 48.2 Å². The summed E-state index contributed by atoms with van der Waals surface area (Å²) in [6.45, 7) is 3.08. The number of hydrogen-bond acceptors (Lipinski definition) is 4. The number of nitrogen functional groups attached to an aromatic ring is 1. The first-order chi connectivity index (χ1) is 13.3. The number of alkyl halides is 3. The smallest absolute Gasteiger partial charge is 0.390 e. The van der Waals surface area contributed by atoms with E-state index in [4.69, 9.17) is 16.6 Å². The summed E-state index contributed by atoms with van der Waals surface area (Å²) in [4.78, 5) is 10.1. The number of primary amides is 1. The summed E-state index contributed by atoms with van der Waals surface area (Å²) in [6.07, 6.45) is -3.11. The Kier molecular flexibility index (Phi) is 6.55. The zero-order valence-corrected chi connectivity index (χ0v) is 17.0. The third-order valence-corrected chi connectivity index (χ3v) is 4.18. The lowest BCUT2D eigenvalue weighted by atomic mass is 10.1. The highest BCUT2D eigenvalue weighted by atomic mass is 31.0. The Bertz CT molecular complexity index is 1010. The number of aromatic nitrogens is 2. The summed E-state index contributed by atoms with van der Waals surface area (Å²) < 4.78 is 39.9. The van der Waals surface area contributed by atoms with Crippen LogP contribution in [0.4, 0.5) is 19.0 Å². The molecule has 3 aromatic rings. The number of nitrogens with two attached hydrogens (primary N) is 2. The molecule has 0 bridgehead atoms. The first-order valence-electron chi connectivity index (χ1n) is 8.49. The van der Waals surface area contributed by atoms with Crippen LogP contribution in [0.5, 0.6) is 0 Å². The quantitative estimate of drug-likeness (QED) is 0.560. The van der Waals surface area contributed by atoms with Crippen LogP contribution < -0.4 is 16.8 Å². The number of nitrogens with zero attached hydrogens (tertiary/aromatic N) is 2. The van der Waals surface area contributed by atoms with E-state index in [-0.39, 0.29) is 12.2 Å². The Hall–Kier alpha value is -2.64. The molecule has 0 spiro atoms. The van der Waals surface area contributed by atoms with Gasteiger partial charge >= 0.3 is 6.18 Å². The molecule has 1 unspecified atom stereocenters. The molecule has 0 radical (unpaired) electrons. The Balaban J connectivity index is 0.000000321. The predicted molar refractivity (Wildman–Crippen MR) is 109 cm³/mol. The molecular weight excluding hydrogens is 404 g/mol. The Morgan fingerprint density at radius 3 is 2.24 bits per heavy atom. The van der Waals surface area contributed by atoms with Crippen molar-refractivity contribution >= 4 is 31.8 Å². The zero-order chi connectivity index (χ0) is 22.0. The molecule has 10 heteroatoms. The van der Waals surface area contributed by atoms with Gasteiger partial charge in [-0.25, -0.2) is 4.52 Å². The molecule has 156 valence electrons. The lowest BCUT2D eigenvalue weighted by molar-refractivity contribution is -0.137. The maximum atomic E-state index is 12.8. The number of fused-ring (bicyclic) bond motifs is 1. The number of benzene rings is 1. The van der Waals surface area contributed by atoms with Crippen LogP contribution in [0.1, 0.15) is 25.8 Å². The predicted octanol–water partition coefficient (Wildman–Crippen LogP) is 2.74. The molecule has 1 amide bonds. The van der Waals surface area contributed by atoms with Gasteiger partial charge in [0.2, 0.25) is 5.91 Å². The summed E-state index contributed by atoms with van der Waals surface area (Å²) in [6, 6.07) is 9.33. The van der Waals surface area contributed by atoms with E-state index < -0.39 is 23.2 Å². The largest absolute Gasteiger partial charge is 0.416 e. The van der Waals surface area contributed by atoms with Crippen molar-refractivity contribution in [1.29, 1.82) is 0 Å². The van der Waals surface area contributed by atoms with Gasteiger partial charge in [-0.1, -0.05) is 24.3 Å². The molecule has 0 aliphatic rings. The summed E-state index contributed by atoms with van der Waals surface area (Å²) >= 11 is 0. The van der Waals surface area contributed by atoms with Crippen LogP contribution in [0.15, 0.2) is 42.6 Å². The van der Waals surface area contributed by atoms with E-state index in [1.807, 2.05) is 12.1 Å². The number of carbonyl (C=O) groups excluding carboxylic acids is 1. The summed E-state index contributed by atoms with van der Waals surface area (Å²) in [7, 11) is 2.55. The standard InChI is InChI=1S/C14H11F3N3P.C5H11NO2/c15-14(16,17)9-5-6-20-11(7-9)12(13(18)19-20)8-1-3-10(21)4-2-8;1-5(2,8)3-4(6)7/h1-7H,21H2,(H2,18,19);8H,3H2,1-2H3,(H2,6,7). The first kappa shape index (κ1) is 22.6. The van der Waals surface area contributed by atoms with Gasteiger partial charge in [-0.3, -0.25) is 4.79 Å². The molecule has 1 atom stereocenters. The second-order valence-electron chi connectivity index (χ2n) is 7.08. The average molecular weight is 426 g/mol. The zero-order valence-electron chi connectivity index (χ0n) is 15.9. The summed E-state index contributed by atoms with van der Waals surface area (Å²) in [5, 5.41) is 13.9. The molecule has 0 saturated heterocycles. The summed E-state index contributed by atoms with van der Waals surface area (Å²) in [5.74, 6) is -0.275. The minimum Gasteiger partial charge on any atom is -0.390 e. The highest BCUT2D eigenvalue weighted by Gasteiger charge is 2.31. The second-order valence-corrected chi connectivity index (χ2v) is 7.75. The molecule has 2 aromatic heterocycles. The second kappa shape index (κ2) is 8.39. The van der Waals surface area contributed by atoms with Gasteiger partial charge in [0.25, 0.3) is 0 Å². The minimum atomic E-state index is -4.40. The van der Waals surface area contributed by atoms with Crippen LogP contribution in [0.25, 0.3) is 16.6 Å². The molecule has 2 heterocycles. The molecule has 5 N–H and O–H groups in total. The Morgan fingerprint density at radius 1 is 1.21 bits per heavy atom. The van der Waals surface area contributed by atoms with Crippen molar-refractivity contribution in [3.63, 3.8) is 0 Å². The van der Waals surface area contributed by atoms with E-state index in [1.165, 1.54) is 24.6 Å².